The van der Waals surface area contributed by atoms with E-state index in [2.05, 4.69) is 46.6 Å². The van der Waals surface area contributed by atoms with Crippen molar-refractivity contribution >= 4 is 38.6 Å². The zero-order valence-corrected chi connectivity index (χ0v) is 20.4. The molecule has 0 radical (unpaired) electrons. The van der Waals surface area contributed by atoms with E-state index in [1.54, 1.807) is 0 Å². The number of hydrogen-bond acceptors (Lipinski definition) is 6. The molecule has 1 aliphatic carbocycles. The molecule has 3 aromatic rings. The van der Waals surface area contributed by atoms with Crippen LogP contribution in [0.25, 0.3) is 5.52 Å². The minimum Gasteiger partial charge on any atom is -0.598 e. The predicted octanol–water partition coefficient (Wildman–Crippen LogP) is 3.82. The molecular weight excluding hydrogens is 476 g/mol. The summed E-state index contributed by atoms with van der Waals surface area (Å²) in [5.41, 5.74) is 3.36. The number of piperidine rings is 1. The van der Waals surface area contributed by atoms with Crippen molar-refractivity contribution in [2.24, 2.45) is 5.41 Å². The lowest BCUT2D eigenvalue weighted by Crippen LogP contribution is -2.49. The van der Waals surface area contributed by atoms with Crippen molar-refractivity contribution in [2.45, 2.75) is 50.8 Å². The number of rotatable bonds is 3. The van der Waals surface area contributed by atoms with Gasteiger partial charge in [0.05, 0.1) is 12.2 Å². The molecule has 1 spiro atoms. The van der Waals surface area contributed by atoms with E-state index in [0.29, 0.717) is 0 Å². The number of aromatic nitrogens is 4. The van der Waals surface area contributed by atoms with Gasteiger partial charge < -0.3 is 9.45 Å². The second kappa shape index (κ2) is 7.72. The smallest absolute Gasteiger partial charge is 0.181 e. The molecule has 0 saturated carbocycles. The summed E-state index contributed by atoms with van der Waals surface area (Å²) in [6, 6.07) is 4.18. The molecule has 164 valence electrons. The van der Waals surface area contributed by atoms with Crippen LogP contribution in [0.4, 0.5) is 5.82 Å². The summed E-state index contributed by atoms with van der Waals surface area (Å²) >= 11 is 2.36. The van der Waals surface area contributed by atoms with Crippen LogP contribution in [0.2, 0.25) is 0 Å². The monoisotopic (exact) mass is 502 g/mol. The summed E-state index contributed by atoms with van der Waals surface area (Å²) < 4.78 is 19.0. The van der Waals surface area contributed by atoms with E-state index in [4.69, 9.17) is 0 Å². The average Bonchev–Trinajstić information content (AvgIpc) is 3.26. The van der Waals surface area contributed by atoms with Crippen LogP contribution in [0.5, 0.6) is 0 Å². The first-order chi connectivity index (χ1) is 14.8. The Hall–Kier alpha value is -1.68. The highest BCUT2D eigenvalue weighted by molar-refractivity contribution is 9.10. The van der Waals surface area contributed by atoms with Crippen LogP contribution in [0, 0.1) is 5.41 Å². The lowest BCUT2D eigenvalue weighted by atomic mass is 9.73. The van der Waals surface area contributed by atoms with Gasteiger partial charge >= 0.3 is 0 Å². The highest BCUT2D eigenvalue weighted by atomic mass is 79.9. The Morgan fingerprint density at radius 2 is 1.97 bits per heavy atom. The van der Waals surface area contributed by atoms with Crippen molar-refractivity contribution in [2.75, 3.05) is 18.0 Å². The number of pyridine rings is 1. The van der Waals surface area contributed by atoms with Crippen molar-refractivity contribution in [3.05, 3.63) is 52.9 Å². The Balaban J connectivity index is 1.42. The van der Waals surface area contributed by atoms with Crippen molar-refractivity contribution in [1.29, 1.82) is 0 Å². The molecule has 2 aliphatic rings. The van der Waals surface area contributed by atoms with Gasteiger partial charge in [-0.25, -0.2) is 9.97 Å². The third-order valence-electron chi connectivity index (χ3n) is 6.60. The Kier molecular flexibility index (Phi) is 5.28. The number of imidazole rings is 1. The van der Waals surface area contributed by atoms with Gasteiger partial charge in [-0.1, -0.05) is 6.07 Å². The van der Waals surface area contributed by atoms with Gasteiger partial charge in [-0.3, -0.25) is 9.38 Å². The fourth-order valence-electron chi connectivity index (χ4n) is 4.85. The summed E-state index contributed by atoms with van der Waals surface area (Å²) in [6.45, 7) is 7.83. The Morgan fingerprint density at radius 1 is 1.19 bits per heavy atom. The van der Waals surface area contributed by atoms with E-state index >= 15 is 0 Å². The number of fused-ring (bicyclic) bond motifs is 2. The van der Waals surface area contributed by atoms with E-state index in [0.717, 1.165) is 54.1 Å². The van der Waals surface area contributed by atoms with Crippen LogP contribution in [-0.4, -0.2) is 41.7 Å². The van der Waals surface area contributed by atoms with Gasteiger partial charge in [-0.15, -0.1) is 4.72 Å². The van der Waals surface area contributed by atoms with Gasteiger partial charge in [-0.05, 0) is 67.6 Å². The molecular formula is C22H27BrN6OS. The molecule has 1 N–H and O–H groups in total. The SMILES string of the molecule is CC(C)(C)[S+]([O-])N[C@@H]1c2cccnc2CC12CCN(c1nccn3c(Br)ncc13)CC2. The highest BCUT2D eigenvalue weighted by Gasteiger charge is 2.51. The first-order valence-electron chi connectivity index (χ1n) is 10.6. The van der Waals surface area contributed by atoms with Crippen LogP contribution in [0.1, 0.15) is 50.9 Å². The molecule has 9 heteroatoms. The first kappa shape index (κ1) is 21.2. The zero-order chi connectivity index (χ0) is 21.8. The standard InChI is InChI=1S/C22H27BrN6OS/c1-21(2,3)31(30)27-18-15-5-4-8-24-16(15)13-22(18)6-10-28(11-7-22)19-17-14-26-20(23)29(17)12-9-25-19/h4-5,8-9,12,14,18,27H,6-7,10-11,13H2,1-3H3/t18-,31?/m1/s1. The molecule has 1 saturated heterocycles. The molecule has 1 unspecified atom stereocenters. The van der Waals surface area contributed by atoms with E-state index < -0.39 is 11.4 Å². The normalized spacial score (nSPS) is 21.6. The minimum absolute atomic E-state index is 0.0139. The van der Waals surface area contributed by atoms with Gasteiger partial charge in [0.1, 0.15) is 10.3 Å². The number of halogens is 1. The van der Waals surface area contributed by atoms with E-state index in [1.807, 2.05) is 56.0 Å². The number of anilines is 1. The molecule has 7 nitrogen and oxygen atoms in total. The predicted molar refractivity (Wildman–Crippen MR) is 126 cm³/mol. The van der Waals surface area contributed by atoms with Crippen molar-refractivity contribution in [1.82, 2.24) is 24.1 Å². The second-order valence-electron chi connectivity index (χ2n) is 9.53. The Bertz CT molecular complexity index is 1100. The van der Waals surface area contributed by atoms with Gasteiger partial charge in [0.2, 0.25) is 0 Å². The van der Waals surface area contributed by atoms with Crippen LogP contribution < -0.4 is 9.62 Å². The van der Waals surface area contributed by atoms with Gasteiger partial charge in [0, 0.05) is 54.2 Å². The van der Waals surface area contributed by atoms with Crippen molar-refractivity contribution in [3.8, 4) is 0 Å². The van der Waals surface area contributed by atoms with E-state index in [9.17, 15) is 4.55 Å². The van der Waals surface area contributed by atoms with Crippen LogP contribution >= 0.6 is 15.9 Å². The summed E-state index contributed by atoms with van der Waals surface area (Å²) in [6.07, 6.45) is 10.4. The lowest BCUT2D eigenvalue weighted by molar-refractivity contribution is 0.175. The van der Waals surface area contributed by atoms with Crippen molar-refractivity contribution in [3.63, 3.8) is 0 Å². The Morgan fingerprint density at radius 3 is 2.71 bits per heavy atom. The molecule has 4 heterocycles. The average molecular weight is 503 g/mol. The number of hydrogen-bond donors (Lipinski definition) is 1. The molecule has 1 aliphatic heterocycles. The molecule has 3 aromatic heterocycles. The molecule has 31 heavy (non-hydrogen) atoms. The zero-order valence-electron chi connectivity index (χ0n) is 18.0. The maximum Gasteiger partial charge on any atom is 0.181 e. The van der Waals surface area contributed by atoms with E-state index in [-0.39, 0.29) is 16.2 Å². The van der Waals surface area contributed by atoms with Crippen LogP contribution in [0.3, 0.4) is 0 Å². The summed E-state index contributed by atoms with van der Waals surface area (Å²) in [7, 11) is 0. The fourth-order valence-corrected chi connectivity index (χ4v) is 6.21. The lowest BCUT2D eigenvalue weighted by Gasteiger charge is -2.44. The second-order valence-corrected chi connectivity index (χ2v) is 12.2. The van der Waals surface area contributed by atoms with Gasteiger partial charge in [0.25, 0.3) is 0 Å². The maximum absolute atomic E-state index is 13.0. The van der Waals surface area contributed by atoms with Crippen LogP contribution in [0.15, 0.2) is 41.7 Å². The Labute approximate surface area is 194 Å². The van der Waals surface area contributed by atoms with Crippen molar-refractivity contribution < 1.29 is 4.55 Å². The molecule has 5 rings (SSSR count). The fraction of sp³-hybridized carbons (Fsp3) is 0.500. The van der Waals surface area contributed by atoms with Gasteiger partial charge in [0.15, 0.2) is 10.6 Å². The maximum atomic E-state index is 13.0. The number of nitrogens with one attached hydrogen (secondary N) is 1. The summed E-state index contributed by atoms with van der Waals surface area (Å²) in [5.74, 6) is 0.965. The molecule has 0 aromatic carbocycles. The largest absolute Gasteiger partial charge is 0.598 e. The first-order valence-corrected chi connectivity index (χ1v) is 12.6. The van der Waals surface area contributed by atoms with E-state index in [1.165, 1.54) is 5.56 Å². The third kappa shape index (κ3) is 3.65. The van der Waals surface area contributed by atoms with Gasteiger partial charge in [-0.2, -0.15) is 0 Å². The molecule has 0 bridgehead atoms. The third-order valence-corrected chi connectivity index (χ3v) is 8.75. The summed E-state index contributed by atoms with van der Waals surface area (Å²) in [4.78, 5) is 16.1. The molecule has 1 fully saturated rings. The highest BCUT2D eigenvalue weighted by Crippen LogP contribution is 2.52. The van der Waals surface area contributed by atoms with Crippen LogP contribution in [-0.2, 0) is 17.8 Å². The minimum atomic E-state index is -1.14. The topological polar surface area (TPSA) is 81.4 Å². The quantitative estimate of drug-likeness (QED) is 0.548. The summed E-state index contributed by atoms with van der Waals surface area (Å²) in [5, 5.41) is 0. The molecule has 0 amide bonds. The number of nitrogens with zero attached hydrogens (tertiary/aromatic N) is 5. The molecule has 2 atom stereocenters.